The molecule has 0 aliphatic heterocycles. The quantitative estimate of drug-likeness (QED) is 0.802. The zero-order chi connectivity index (χ0) is 14.6. The van der Waals surface area contributed by atoms with Gasteiger partial charge < -0.3 is 10.0 Å². The fraction of sp³-hybridized carbons (Fsp3) is 0.500. The largest absolute Gasteiger partial charge is 0.392 e. The molecule has 2 N–H and O–H groups in total. The molecule has 0 bridgehead atoms. The Balaban J connectivity index is 2.94. The van der Waals surface area contributed by atoms with E-state index in [1.165, 1.54) is 6.07 Å². The van der Waals surface area contributed by atoms with Crippen LogP contribution in [-0.4, -0.2) is 45.1 Å². The number of nitrogens with zero attached hydrogens (tertiary/aromatic N) is 1. The summed E-state index contributed by atoms with van der Waals surface area (Å²) in [6.45, 7) is 1.88. The second kappa shape index (κ2) is 6.42. The molecule has 1 atom stereocenters. The minimum absolute atomic E-state index is 0.331. The van der Waals surface area contributed by atoms with Crippen molar-refractivity contribution in [3.63, 3.8) is 0 Å². The molecule has 7 heteroatoms. The summed E-state index contributed by atoms with van der Waals surface area (Å²) in [6.07, 6.45) is 0. The number of aliphatic hydroxyl groups is 1. The number of hydrogen-bond donors (Lipinski definition) is 2. The van der Waals surface area contributed by atoms with Crippen molar-refractivity contribution in [3.8, 4) is 0 Å². The summed E-state index contributed by atoms with van der Waals surface area (Å²) in [6, 6.07) is 3.22. The highest BCUT2D eigenvalue weighted by molar-refractivity contribution is 7.89. The molecule has 0 fully saturated rings. The van der Waals surface area contributed by atoms with E-state index in [9.17, 15) is 12.8 Å². The third-order valence-electron chi connectivity index (χ3n) is 2.46. The van der Waals surface area contributed by atoms with Gasteiger partial charge in [-0.05, 0) is 38.7 Å². The predicted octanol–water partition coefficient (Wildman–Crippen LogP) is 0.546. The summed E-state index contributed by atoms with van der Waals surface area (Å²) < 4.78 is 40.1. The second-order valence-corrected chi connectivity index (χ2v) is 6.39. The summed E-state index contributed by atoms with van der Waals surface area (Å²) in [5.74, 6) is -0.865. The average Bonchev–Trinajstić information content (AvgIpc) is 2.26. The normalized spacial score (nSPS) is 13.8. The number of halogens is 1. The number of rotatable bonds is 6. The van der Waals surface area contributed by atoms with E-state index in [0.29, 0.717) is 12.1 Å². The van der Waals surface area contributed by atoms with Crippen LogP contribution in [0.15, 0.2) is 23.1 Å². The van der Waals surface area contributed by atoms with E-state index in [1.54, 1.807) is 6.92 Å². The number of benzene rings is 1. The van der Waals surface area contributed by atoms with Crippen molar-refractivity contribution in [1.82, 2.24) is 9.62 Å². The molecule has 0 amide bonds. The van der Waals surface area contributed by atoms with Gasteiger partial charge in [-0.1, -0.05) is 6.07 Å². The molecule has 5 nitrogen and oxygen atoms in total. The molecule has 1 unspecified atom stereocenters. The molecule has 1 aromatic carbocycles. The van der Waals surface area contributed by atoms with Crippen LogP contribution in [0.2, 0.25) is 0 Å². The highest BCUT2D eigenvalue weighted by Crippen LogP contribution is 2.16. The Morgan fingerprint density at radius 1 is 1.42 bits per heavy atom. The van der Waals surface area contributed by atoms with Gasteiger partial charge in [-0.2, -0.15) is 0 Å². The van der Waals surface area contributed by atoms with Crippen molar-refractivity contribution in [2.45, 2.75) is 24.5 Å². The standard InChI is InChI=1S/C12H19FN2O3S/c1-9(7-15(2)3)14-19(17,18)12-5-4-10(8-16)6-11(12)13/h4-6,9,14,16H,7-8H2,1-3H3. The lowest BCUT2D eigenvalue weighted by atomic mass is 10.2. The van der Waals surface area contributed by atoms with Gasteiger partial charge in [-0.15, -0.1) is 0 Å². The minimum Gasteiger partial charge on any atom is -0.392 e. The number of hydrogen-bond acceptors (Lipinski definition) is 4. The van der Waals surface area contributed by atoms with Crippen molar-refractivity contribution in [2.75, 3.05) is 20.6 Å². The predicted molar refractivity (Wildman–Crippen MR) is 70.7 cm³/mol. The minimum atomic E-state index is -3.89. The molecular weight excluding hydrogens is 271 g/mol. The maximum Gasteiger partial charge on any atom is 0.243 e. The number of aliphatic hydroxyl groups excluding tert-OH is 1. The van der Waals surface area contributed by atoms with Gasteiger partial charge in [0, 0.05) is 12.6 Å². The van der Waals surface area contributed by atoms with Crippen LogP contribution in [-0.2, 0) is 16.6 Å². The Morgan fingerprint density at radius 3 is 2.53 bits per heavy atom. The SMILES string of the molecule is CC(CN(C)C)NS(=O)(=O)c1ccc(CO)cc1F. The molecule has 0 saturated heterocycles. The Kier molecular flexibility index (Phi) is 5.42. The highest BCUT2D eigenvalue weighted by atomic mass is 32.2. The van der Waals surface area contributed by atoms with E-state index in [4.69, 9.17) is 5.11 Å². The topological polar surface area (TPSA) is 69.6 Å². The van der Waals surface area contributed by atoms with Crippen LogP contribution < -0.4 is 4.72 Å². The van der Waals surface area contributed by atoms with Crippen LogP contribution in [0.5, 0.6) is 0 Å². The third-order valence-corrected chi connectivity index (χ3v) is 4.09. The Morgan fingerprint density at radius 2 is 2.05 bits per heavy atom. The molecule has 19 heavy (non-hydrogen) atoms. The van der Waals surface area contributed by atoms with E-state index < -0.39 is 20.7 Å². The molecule has 0 aliphatic carbocycles. The molecule has 0 spiro atoms. The Hall–Kier alpha value is -1.02. The number of likely N-dealkylation sites (N-methyl/N-ethyl adjacent to an activating group) is 1. The van der Waals surface area contributed by atoms with Crippen molar-refractivity contribution >= 4 is 10.0 Å². The fourth-order valence-corrected chi connectivity index (χ4v) is 3.07. The summed E-state index contributed by atoms with van der Waals surface area (Å²) >= 11 is 0. The molecule has 0 saturated carbocycles. The van der Waals surface area contributed by atoms with Crippen molar-refractivity contribution in [3.05, 3.63) is 29.6 Å². The van der Waals surface area contributed by atoms with Crippen LogP contribution in [0.25, 0.3) is 0 Å². The first-order valence-corrected chi connectivity index (χ1v) is 7.31. The van der Waals surface area contributed by atoms with Gasteiger partial charge in [0.25, 0.3) is 0 Å². The lowest BCUT2D eigenvalue weighted by molar-refractivity contribution is 0.281. The van der Waals surface area contributed by atoms with E-state index in [2.05, 4.69) is 4.72 Å². The number of sulfonamides is 1. The van der Waals surface area contributed by atoms with E-state index in [0.717, 1.165) is 12.1 Å². The molecule has 0 radical (unpaired) electrons. The van der Waals surface area contributed by atoms with Gasteiger partial charge in [0.1, 0.15) is 10.7 Å². The monoisotopic (exact) mass is 290 g/mol. The van der Waals surface area contributed by atoms with Gasteiger partial charge >= 0.3 is 0 Å². The van der Waals surface area contributed by atoms with Gasteiger partial charge in [0.15, 0.2) is 0 Å². The van der Waals surface area contributed by atoms with Gasteiger partial charge in [0.2, 0.25) is 10.0 Å². The highest BCUT2D eigenvalue weighted by Gasteiger charge is 2.21. The van der Waals surface area contributed by atoms with Gasteiger partial charge in [-0.25, -0.2) is 17.5 Å². The molecule has 1 aromatic rings. The molecular formula is C12H19FN2O3S. The van der Waals surface area contributed by atoms with Crippen LogP contribution in [0.1, 0.15) is 12.5 Å². The Labute approximate surface area is 113 Å². The Bertz CT molecular complexity index is 532. The van der Waals surface area contributed by atoms with Crippen LogP contribution in [0.3, 0.4) is 0 Å². The van der Waals surface area contributed by atoms with Gasteiger partial charge in [-0.3, -0.25) is 0 Å². The summed E-state index contributed by atoms with van der Waals surface area (Å²) in [5, 5.41) is 8.86. The van der Waals surface area contributed by atoms with Crippen molar-refractivity contribution < 1.29 is 17.9 Å². The van der Waals surface area contributed by atoms with E-state index in [1.807, 2.05) is 19.0 Å². The first kappa shape index (κ1) is 16.0. The maximum absolute atomic E-state index is 13.7. The third kappa shape index (κ3) is 4.54. The summed E-state index contributed by atoms with van der Waals surface area (Å²) in [5.41, 5.74) is 0.331. The number of nitrogens with one attached hydrogen (secondary N) is 1. The van der Waals surface area contributed by atoms with E-state index in [-0.39, 0.29) is 12.6 Å². The lowest BCUT2D eigenvalue weighted by Crippen LogP contribution is -2.39. The van der Waals surface area contributed by atoms with Crippen LogP contribution in [0, 0.1) is 5.82 Å². The summed E-state index contributed by atoms with van der Waals surface area (Å²) in [4.78, 5) is 1.42. The maximum atomic E-state index is 13.7. The van der Waals surface area contributed by atoms with Crippen molar-refractivity contribution in [1.29, 1.82) is 0 Å². The molecule has 1 rings (SSSR count). The lowest BCUT2D eigenvalue weighted by Gasteiger charge is -2.18. The van der Waals surface area contributed by atoms with E-state index >= 15 is 0 Å². The first-order chi connectivity index (χ1) is 8.76. The van der Waals surface area contributed by atoms with Crippen LogP contribution >= 0.6 is 0 Å². The summed E-state index contributed by atoms with van der Waals surface area (Å²) in [7, 11) is -0.252. The van der Waals surface area contributed by atoms with Crippen LogP contribution in [0.4, 0.5) is 4.39 Å². The van der Waals surface area contributed by atoms with Gasteiger partial charge in [0.05, 0.1) is 6.61 Å². The first-order valence-electron chi connectivity index (χ1n) is 5.82. The molecule has 108 valence electrons. The molecule has 0 heterocycles. The van der Waals surface area contributed by atoms with Crippen molar-refractivity contribution in [2.24, 2.45) is 0 Å². The second-order valence-electron chi connectivity index (χ2n) is 4.71. The average molecular weight is 290 g/mol. The molecule has 0 aromatic heterocycles. The smallest absolute Gasteiger partial charge is 0.243 e. The molecule has 0 aliphatic rings. The zero-order valence-electron chi connectivity index (χ0n) is 11.2. The fourth-order valence-electron chi connectivity index (χ4n) is 1.77. The zero-order valence-corrected chi connectivity index (χ0v) is 12.0.